The molecular weight excluding hydrogens is 249 g/mol. The van der Waals surface area contributed by atoms with Crippen molar-refractivity contribution in [2.24, 2.45) is 0 Å². The van der Waals surface area contributed by atoms with E-state index in [0.29, 0.717) is 5.69 Å². The summed E-state index contributed by atoms with van der Waals surface area (Å²) < 4.78 is 19.8. The van der Waals surface area contributed by atoms with Crippen LogP contribution in [0.1, 0.15) is 35.9 Å². The van der Waals surface area contributed by atoms with Gasteiger partial charge in [-0.2, -0.15) is 0 Å². The Bertz CT molecular complexity index is 608. The quantitative estimate of drug-likeness (QED) is 0.797. The molecule has 0 aliphatic carbocycles. The van der Waals surface area contributed by atoms with Crippen LogP contribution in [0, 0.1) is 5.82 Å². The van der Waals surface area contributed by atoms with Crippen LogP contribution < -0.4 is 0 Å². The fraction of sp³-hybridized carbons (Fsp3) is 0.308. The number of methoxy groups -OCH3 is 1. The molecule has 19 heavy (non-hydrogen) atoms. The topological polar surface area (TPSA) is 57.0 Å². The lowest BCUT2D eigenvalue weighted by atomic mass is 10.1. The minimum absolute atomic E-state index is 0.0521. The molecule has 1 aromatic carbocycles. The maximum absolute atomic E-state index is 13.8. The van der Waals surface area contributed by atoms with Gasteiger partial charge in [-0.1, -0.05) is 31.2 Å². The molecule has 0 amide bonds. The van der Waals surface area contributed by atoms with Crippen molar-refractivity contribution in [1.29, 1.82) is 0 Å². The minimum atomic E-state index is -0.578. The number of benzene rings is 1. The summed E-state index contributed by atoms with van der Waals surface area (Å²) in [6, 6.07) is 6.20. The molecule has 1 heterocycles. The van der Waals surface area contributed by atoms with Crippen LogP contribution in [-0.2, 0) is 4.74 Å². The Labute approximate surface area is 110 Å². The van der Waals surface area contributed by atoms with Gasteiger partial charge in [0.05, 0.1) is 12.8 Å². The summed E-state index contributed by atoms with van der Waals surface area (Å²) in [6.45, 7) is 3.75. The van der Waals surface area contributed by atoms with Crippen molar-refractivity contribution in [2.75, 3.05) is 7.11 Å². The molecule has 0 atom stereocenters. The number of hydrogen-bond acceptors (Lipinski definition) is 4. The van der Waals surface area contributed by atoms with Gasteiger partial charge in [0.1, 0.15) is 11.5 Å². The average molecular weight is 263 g/mol. The van der Waals surface area contributed by atoms with Crippen LogP contribution in [-0.4, -0.2) is 28.1 Å². The summed E-state index contributed by atoms with van der Waals surface area (Å²) in [4.78, 5) is 11.6. The van der Waals surface area contributed by atoms with Crippen LogP contribution in [0.15, 0.2) is 24.3 Å². The van der Waals surface area contributed by atoms with Gasteiger partial charge in [-0.25, -0.2) is 13.9 Å². The lowest BCUT2D eigenvalue weighted by molar-refractivity contribution is 0.0592. The monoisotopic (exact) mass is 263 g/mol. The molecule has 0 aliphatic heterocycles. The zero-order chi connectivity index (χ0) is 14.0. The Morgan fingerprint density at radius 1 is 1.37 bits per heavy atom. The van der Waals surface area contributed by atoms with Gasteiger partial charge in [-0.15, -0.1) is 5.10 Å². The largest absolute Gasteiger partial charge is 0.464 e. The van der Waals surface area contributed by atoms with Crippen molar-refractivity contribution < 1.29 is 13.9 Å². The highest BCUT2D eigenvalue weighted by atomic mass is 19.1. The van der Waals surface area contributed by atoms with Gasteiger partial charge in [-0.05, 0) is 18.1 Å². The fourth-order valence-electron chi connectivity index (χ4n) is 1.85. The SMILES string of the molecule is COC(=O)c1nnn(-c2ccccc2F)c1C(C)C. The number of esters is 1. The van der Waals surface area contributed by atoms with Crippen LogP contribution in [0.25, 0.3) is 5.69 Å². The van der Waals surface area contributed by atoms with Crippen molar-refractivity contribution in [2.45, 2.75) is 19.8 Å². The molecule has 0 bridgehead atoms. The lowest BCUT2D eigenvalue weighted by Gasteiger charge is -2.10. The number of halogens is 1. The number of ether oxygens (including phenoxy) is 1. The van der Waals surface area contributed by atoms with E-state index in [0.717, 1.165) is 0 Å². The number of nitrogens with zero attached hydrogens (tertiary/aromatic N) is 3. The van der Waals surface area contributed by atoms with Crippen LogP contribution in [0.3, 0.4) is 0 Å². The number of para-hydroxylation sites is 1. The van der Waals surface area contributed by atoms with Gasteiger partial charge >= 0.3 is 5.97 Å². The smallest absolute Gasteiger partial charge is 0.360 e. The van der Waals surface area contributed by atoms with Gasteiger partial charge in [0, 0.05) is 0 Å². The van der Waals surface area contributed by atoms with Gasteiger partial charge in [-0.3, -0.25) is 0 Å². The van der Waals surface area contributed by atoms with Crippen molar-refractivity contribution in [3.05, 3.63) is 41.5 Å². The molecule has 2 rings (SSSR count). The van der Waals surface area contributed by atoms with E-state index in [1.165, 1.54) is 17.9 Å². The first kappa shape index (κ1) is 13.2. The van der Waals surface area contributed by atoms with Crippen molar-refractivity contribution >= 4 is 5.97 Å². The molecule has 0 N–H and O–H groups in total. The molecule has 1 aromatic heterocycles. The van der Waals surface area contributed by atoms with E-state index in [1.807, 2.05) is 13.8 Å². The second-order valence-corrected chi connectivity index (χ2v) is 4.33. The molecule has 2 aromatic rings. The van der Waals surface area contributed by atoms with Crippen LogP contribution in [0.4, 0.5) is 4.39 Å². The van der Waals surface area contributed by atoms with E-state index in [9.17, 15) is 9.18 Å². The normalized spacial score (nSPS) is 10.8. The Morgan fingerprint density at radius 3 is 2.63 bits per heavy atom. The number of hydrogen-bond donors (Lipinski definition) is 0. The Morgan fingerprint density at radius 2 is 2.05 bits per heavy atom. The summed E-state index contributed by atoms with van der Waals surface area (Å²) >= 11 is 0. The summed E-state index contributed by atoms with van der Waals surface area (Å²) in [5.74, 6) is -1.05. The van der Waals surface area contributed by atoms with Gasteiger partial charge in [0.15, 0.2) is 5.69 Å². The molecule has 0 unspecified atom stereocenters. The molecule has 0 fully saturated rings. The molecule has 100 valence electrons. The fourth-order valence-corrected chi connectivity index (χ4v) is 1.85. The molecule has 0 saturated carbocycles. The number of aromatic nitrogens is 3. The highest BCUT2D eigenvalue weighted by Gasteiger charge is 2.24. The van der Waals surface area contributed by atoms with Crippen molar-refractivity contribution in [3.63, 3.8) is 0 Å². The predicted octanol–water partition coefficient (Wildman–Crippen LogP) is 2.32. The molecule has 0 saturated heterocycles. The number of rotatable bonds is 3. The maximum atomic E-state index is 13.8. The summed E-state index contributed by atoms with van der Waals surface area (Å²) in [5.41, 5.74) is 0.895. The Kier molecular flexibility index (Phi) is 3.59. The Hall–Kier alpha value is -2.24. The summed E-state index contributed by atoms with van der Waals surface area (Å²) in [5, 5.41) is 7.66. The third-order valence-corrected chi connectivity index (χ3v) is 2.71. The van der Waals surface area contributed by atoms with E-state index in [2.05, 4.69) is 15.0 Å². The molecule has 6 heteroatoms. The van der Waals surface area contributed by atoms with E-state index in [1.54, 1.807) is 18.2 Å². The first-order valence-corrected chi connectivity index (χ1v) is 5.85. The van der Waals surface area contributed by atoms with Crippen LogP contribution in [0.5, 0.6) is 0 Å². The zero-order valence-corrected chi connectivity index (χ0v) is 10.9. The van der Waals surface area contributed by atoms with Gasteiger partial charge < -0.3 is 4.74 Å². The number of carbonyl (C=O) groups excluding carboxylic acids is 1. The Balaban J connectivity index is 2.62. The predicted molar refractivity (Wildman–Crippen MR) is 66.7 cm³/mol. The van der Waals surface area contributed by atoms with Gasteiger partial charge in [0.25, 0.3) is 0 Å². The second-order valence-electron chi connectivity index (χ2n) is 4.33. The molecule has 0 spiro atoms. The van der Waals surface area contributed by atoms with Crippen LogP contribution in [0.2, 0.25) is 0 Å². The van der Waals surface area contributed by atoms with Gasteiger partial charge in [0.2, 0.25) is 0 Å². The minimum Gasteiger partial charge on any atom is -0.464 e. The van der Waals surface area contributed by atoms with Crippen molar-refractivity contribution in [3.8, 4) is 5.69 Å². The second kappa shape index (κ2) is 5.17. The van der Waals surface area contributed by atoms with Crippen LogP contribution >= 0.6 is 0 Å². The molecule has 0 aliphatic rings. The van der Waals surface area contributed by atoms with E-state index in [-0.39, 0.29) is 17.3 Å². The van der Waals surface area contributed by atoms with E-state index in [4.69, 9.17) is 0 Å². The van der Waals surface area contributed by atoms with E-state index < -0.39 is 11.8 Å². The maximum Gasteiger partial charge on any atom is 0.360 e. The third kappa shape index (κ3) is 2.33. The van der Waals surface area contributed by atoms with Crippen molar-refractivity contribution in [1.82, 2.24) is 15.0 Å². The standard InChI is InChI=1S/C13H14FN3O2/c1-8(2)12-11(13(18)19-3)15-16-17(12)10-7-5-4-6-9(10)14/h4-8H,1-3H3. The highest BCUT2D eigenvalue weighted by molar-refractivity contribution is 5.88. The first-order valence-electron chi connectivity index (χ1n) is 5.85. The first-order chi connectivity index (χ1) is 9.06. The summed E-state index contributed by atoms with van der Waals surface area (Å²) in [6.07, 6.45) is 0. The zero-order valence-electron chi connectivity index (χ0n) is 10.9. The average Bonchev–Trinajstić information content (AvgIpc) is 2.83. The molecule has 0 radical (unpaired) electrons. The lowest BCUT2D eigenvalue weighted by Crippen LogP contribution is -2.10. The summed E-state index contributed by atoms with van der Waals surface area (Å²) in [7, 11) is 1.27. The molecular formula is C13H14FN3O2. The third-order valence-electron chi connectivity index (χ3n) is 2.71. The van der Waals surface area contributed by atoms with E-state index >= 15 is 0 Å². The molecule has 5 nitrogen and oxygen atoms in total. The highest BCUT2D eigenvalue weighted by Crippen LogP contribution is 2.23. The number of carbonyl (C=O) groups is 1.